The number of hydrogen-bond donors (Lipinski definition) is 1. The summed E-state index contributed by atoms with van der Waals surface area (Å²) in [5.74, 6) is 0.165. The van der Waals surface area contributed by atoms with Gasteiger partial charge in [0.05, 0.1) is 6.07 Å². The van der Waals surface area contributed by atoms with E-state index in [2.05, 4.69) is 22.4 Å². The first kappa shape index (κ1) is 15.5. The third-order valence-corrected chi connectivity index (χ3v) is 4.18. The van der Waals surface area contributed by atoms with Gasteiger partial charge < -0.3 is 9.73 Å². The molecule has 0 unspecified atom stereocenters. The first-order valence-electron chi connectivity index (χ1n) is 6.34. The van der Waals surface area contributed by atoms with Crippen LogP contribution < -0.4 is 5.32 Å². The van der Waals surface area contributed by atoms with Crippen LogP contribution in [0.5, 0.6) is 0 Å². The van der Waals surface area contributed by atoms with Gasteiger partial charge in [0.25, 0.3) is 0 Å². The van der Waals surface area contributed by atoms with Crippen molar-refractivity contribution < 1.29 is 9.34 Å². The van der Waals surface area contributed by atoms with E-state index in [0.29, 0.717) is 5.76 Å². The zero-order chi connectivity index (χ0) is 15.1. The van der Waals surface area contributed by atoms with Crippen molar-refractivity contribution in [3.05, 3.63) is 33.4 Å². The molecule has 112 valence electrons. The van der Waals surface area contributed by atoms with Crippen molar-refractivity contribution >= 4 is 40.2 Å². The van der Waals surface area contributed by atoms with Gasteiger partial charge in [-0.15, -0.1) is 10.2 Å². The number of unbranched alkanes of at least 4 members (excludes halogenated alkanes) is 1. The van der Waals surface area contributed by atoms with Gasteiger partial charge in [0.1, 0.15) is 10.7 Å². The van der Waals surface area contributed by atoms with E-state index in [9.17, 15) is 10.1 Å². The molecule has 2 rings (SSSR count). The summed E-state index contributed by atoms with van der Waals surface area (Å²) in [6.45, 7) is 3.02. The predicted octanol–water partition coefficient (Wildman–Crippen LogP) is 4.01. The lowest BCUT2D eigenvalue weighted by Gasteiger charge is -1.97. The largest absolute Gasteiger partial charge is 0.433 e. The van der Waals surface area contributed by atoms with E-state index >= 15 is 0 Å². The fraction of sp³-hybridized carbons (Fsp3) is 0.333. The van der Waals surface area contributed by atoms with Crippen molar-refractivity contribution in [2.45, 2.75) is 24.1 Å². The highest BCUT2D eigenvalue weighted by Crippen LogP contribution is 2.27. The molecule has 0 aliphatic heterocycles. The number of hydrogen-bond acceptors (Lipinski definition) is 8. The highest BCUT2D eigenvalue weighted by atomic mass is 32.2. The molecule has 0 amide bonds. The fourth-order valence-corrected chi connectivity index (χ4v) is 2.90. The molecule has 1 N–H and O–H groups in total. The molecule has 2 aromatic heterocycles. The summed E-state index contributed by atoms with van der Waals surface area (Å²) in [7, 11) is 0. The molecule has 2 heterocycles. The van der Waals surface area contributed by atoms with Crippen LogP contribution in [0.3, 0.4) is 0 Å². The van der Waals surface area contributed by atoms with Crippen LogP contribution in [0, 0.1) is 10.1 Å². The van der Waals surface area contributed by atoms with E-state index in [1.54, 1.807) is 17.6 Å². The smallest absolute Gasteiger partial charge is 0.401 e. The predicted molar refractivity (Wildman–Crippen MR) is 83.6 cm³/mol. The SMILES string of the molecule is CCCCNc1nnc(S/C=C/c2ccc([N+](=O)[O-])o2)s1. The molecule has 0 aromatic carbocycles. The summed E-state index contributed by atoms with van der Waals surface area (Å²) in [5.41, 5.74) is 0. The van der Waals surface area contributed by atoms with Gasteiger partial charge in [-0.25, -0.2) is 0 Å². The Labute approximate surface area is 129 Å². The Balaban J connectivity index is 1.84. The summed E-state index contributed by atoms with van der Waals surface area (Å²) < 4.78 is 5.81. The summed E-state index contributed by atoms with van der Waals surface area (Å²) in [6.07, 6.45) is 3.88. The van der Waals surface area contributed by atoms with Crippen LogP contribution in [0.25, 0.3) is 6.08 Å². The molecule has 0 bridgehead atoms. The van der Waals surface area contributed by atoms with Gasteiger partial charge in [-0.05, 0) is 24.0 Å². The van der Waals surface area contributed by atoms with E-state index < -0.39 is 4.92 Å². The van der Waals surface area contributed by atoms with Crippen molar-refractivity contribution in [2.75, 3.05) is 11.9 Å². The van der Waals surface area contributed by atoms with Gasteiger partial charge in [-0.2, -0.15) is 0 Å². The van der Waals surface area contributed by atoms with Crippen LogP contribution in [0.4, 0.5) is 11.0 Å². The number of aromatic nitrogens is 2. The van der Waals surface area contributed by atoms with Crippen LogP contribution in [0.1, 0.15) is 25.5 Å². The van der Waals surface area contributed by atoms with E-state index in [4.69, 9.17) is 4.42 Å². The fourth-order valence-electron chi connectivity index (χ4n) is 1.39. The molecule has 0 saturated carbocycles. The zero-order valence-corrected chi connectivity index (χ0v) is 12.9. The number of nitrogens with one attached hydrogen (secondary N) is 1. The Morgan fingerprint density at radius 2 is 2.38 bits per heavy atom. The second kappa shape index (κ2) is 7.79. The number of nitrogens with zero attached hydrogens (tertiary/aromatic N) is 3. The van der Waals surface area contributed by atoms with Crippen LogP contribution in [-0.2, 0) is 0 Å². The van der Waals surface area contributed by atoms with Gasteiger partial charge in [0.15, 0.2) is 4.34 Å². The number of thioether (sulfide) groups is 1. The minimum atomic E-state index is -0.566. The highest BCUT2D eigenvalue weighted by molar-refractivity contribution is 8.03. The average Bonchev–Trinajstić information content (AvgIpc) is 3.09. The molecular weight excluding hydrogens is 312 g/mol. The Morgan fingerprint density at radius 1 is 1.52 bits per heavy atom. The molecule has 2 aromatic rings. The van der Waals surface area contributed by atoms with Gasteiger partial charge in [-0.3, -0.25) is 10.1 Å². The molecule has 21 heavy (non-hydrogen) atoms. The molecule has 0 aliphatic carbocycles. The standard InChI is InChI=1S/C12H14N4O3S2/c1-2-3-7-13-11-14-15-12(21-11)20-8-6-9-4-5-10(19-9)16(17)18/h4-6,8H,2-3,7H2,1H3,(H,13,14)/b8-6+. The number of nitro groups is 1. The van der Waals surface area contributed by atoms with Crippen molar-refractivity contribution in [1.82, 2.24) is 10.2 Å². The van der Waals surface area contributed by atoms with Crippen LogP contribution >= 0.6 is 23.1 Å². The molecular formula is C12H14N4O3S2. The first-order chi connectivity index (χ1) is 10.2. The quantitative estimate of drug-likeness (QED) is 0.339. The van der Waals surface area contributed by atoms with Gasteiger partial charge >= 0.3 is 5.88 Å². The lowest BCUT2D eigenvalue weighted by molar-refractivity contribution is -0.402. The summed E-state index contributed by atoms with van der Waals surface area (Å²) in [6, 6.07) is 2.87. The maximum atomic E-state index is 10.5. The molecule has 0 atom stereocenters. The van der Waals surface area contributed by atoms with Crippen LogP contribution in [0.2, 0.25) is 0 Å². The second-order valence-corrected chi connectivity index (χ2v) is 6.14. The molecule has 0 spiro atoms. The lowest BCUT2D eigenvalue weighted by atomic mass is 10.3. The van der Waals surface area contributed by atoms with Crippen molar-refractivity contribution in [3.8, 4) is 0 Å². The summed E-state index contributed by atoms with van der Waals surface area (Å²) in [4.78, 5) is 9.91. The summed E-state index contributed by atoms with van der Waals surface area (Å²) >= 11 is 2.86. The number of furan rings is 1. The molecule has 7 nitrogen and oxygen atoms in total. The summed E-state index contributed by atoms with van der Waals surface area (Å²) in [5, 5.41) is 24.3. The van der Waals surface area contributed by atoms with Crippen LogP contribution in [-0.4, -0.2) is 21.7 Å². The van der Waals surface area contributed by atoms with E-state index in [1.807, 2.05) is 0 Å². The van der Waals surface area contributed by atoms with Crippen LogP contribution in [0.15, 0.2) is 26.3 Å². The van der Waals surface area contributed by atoms with E-state index in [-0.39, 0.29) is 5.88 Å². The van der Waals surface area contributed by atoms with Gasteiger partial charge in [0.2, 0.25) is 5.13 Å². The number of anilines is 1. The molecule has 0 aliphatic rings. The van der Waals surface area contributed by atoms with Crippen molar-refractivity contribution in [1.29, 1.82) is 0 Å². The maximum absolute atomic E-state index is 10.5. The third kappa shape index (κ3) is 4.87. The lowest BCUT2D eigenvalue weighted by Crippen LogP contribution is -1.99. The second-order valence-electron chi connectivity index (χ2n) is 4.01. The Bertz CT molecular complexity index is 624. The minimum Gasteiger partial charge on any atom is -0.401 e. The monoisotopic (exact) mass is 326 g/mol. The Morgan fingerprint density at radius 3 is 3.10 bits per heavy atom. The van der Waals surface area contributed by atoms with Gasteiger partial charge in [0, 0.05) is 6.54 Å². The highest BCUT2D eigenvalue weighted by Gasteiger charge is 2.09. The Kier molecular flexibility index (Phi) is 5.76. The van der Waals surface area contributed by atoms with E-state index in [1.165, 1.54) is 29.2 Å². The molecule has 0 fully saturated rings. The van der Waals surface area contributed by atoms with E-state index in [0.717, 1.165) is 28.9 Å². The third-order valence-electron chi connectivity index (χ3n) is 2.41. The molecule has 0 radical (unpaired) electrons. The maximum Gasteiger partial charge on any atom is 0.433 e. The minimum absolute atomic E-state index is 0.266. The van der Waals surface area contributed by atoms with Gasteiger partial charge in [-0.1, -0.05) is 36.4 Å². The zero-order valence-electron chi connectivity index (χ0n) is 11.3. The molecule has 9 heteroatoms. The van der Waals surface area contributed by atoms with Crippen molar-refractivity contribution in [2.24, 2.45) is 0 Å². The molecule has 0 saturated heterocycles. The first-order valence-corrected chi connectivity index (χ1v) is 8.03. The Hall–Kier alpha value is -1.87. The average molecular weight is 326 g/mol. The number of rotatable bonds is 8. The van der Waals surface area contributed by atoms with Crippen molar-refractivity contribution in [3.63, 3.8) is 0 Å². The normalized spacial score (nSPS) is 11.1. The topological polar surface area (TPSA) is 94.1 Å².